The van der Waals surface area contributed by atoms with Crippen LogP contribution in [0.4, 0.5) is 0 Å². The molecular weight excluding hydrogens is 634 g/mol. The van der Waals surface area contributed by atoms with Gasteiger partial charge < -0.3 is 32.1 Å². The van der Waals surface area contributed by atoms with Crippen LogP contribution in [0, 0.1) is 35.5 Å². The van der Waals surface area contributed by atoms with E-state index in [0.717, 1.165) is 5.56 Å². The Hall–Kier alpha value is -3.31. The number of hydrogen-bond acceptors (Lipinski definition) is 7. The molecule has 11 nitrogen and oxygen atoms in total. The van der Waals surface area contributed by atoms with Crippen LogP contribution in [-0.4, -0.2) is 71.3 Å². The largest absolute Gasteiger partial charge is 0.394 e. The molecule has 0 bridgehead atoms. The van der Waals surface area contributed by atoms with Crippen molar-refractivity contribution in [3.63, 3.8) is 0 Å². The molecule has 0 radical (unpaired) electrons. The number of benzene rings is 1. The van der Waals surface area contributed by atoms with E-state index in [2.05, 4.69) is 21.3 Å². The summed E-state index contributed by atoms with van der Waals surface area (Å²) in [5.41, 5.74) is 7.56. The molecule has 1 aromatic carbocycles. The quantitative estimate of drug-likeness (QED) is 0.100. The van der Waals surface area contributed by atoms with Crippen molar-refractivity contribution < 1.29 is 29.1 Å². The highest BCUT2D eigenvalue weighted by Crippen LogP contribution is 2.20. The number of Topliss-reactive ketones (excluding diaryl/α,β-unsaturated/α-hetero) is 1. The fourth-order valence-electron chi connectivity index (χ4n) is 5.91. The highest BCUT2D eigenvalue weighted by Gasteiger charge is 2.33. The summed E-state index contributed by atoms with van der Waals surface area (Å²) in [5.74, 6) is -2.18. The molecular formula is C39H67N5O6. The molecule has 0 unspecified atom stereocenters. The summed E-state index contributed by atoms with van der Waals surface area (Å²) < 4.78 is 0. The molecule has 0 aromatic heterocycles. The summed E-state index contributed by atoms with van der Waals surface area (Å²) in [5, 5.41) is 21.4. The Morgan fingerprint density at radius 2 is 1.26 bits per heavy atom. The number of nitrogens with one attached hydrogen (secondary N) is 4. The smallest absolute Gasteiger partial charge is 0.243 e. The first kappa shape index (κ1) is 44.7. The van der Waals surface area contributed by atoms with Gasteiger partial charge in [-0.1, -0.05) is 106 Å². The van der Waals surface area contributed by atoms with E-state index in [0.29, 0.717) is 25.7 Å². The van der Waals surface area contributed by atoms with Crippen LogP contribution in [0.2, 0.25) is 0 Å². The molecule has 50 heavy (non-hydrogen) atoms. The minimum atomic E-state index is -0.893. The monoisotopic (exact) mass is 702 g/mol. The standard InChI is InChI=1S/C39H67N5O6/c1-11-27(10)36(39(50)42-33(22-45)25(6)7)43-34(47)21-31(40)32(19-28-15-13-12-14-16-28)41-38(49)35(26(8)9)44-37(48)29(17-23(2)3)20-30(46)18-24(4)5/h12-16,23-27,29,31-33,35-36,45H,11,17-22,40H2,1-10H3,(H,41,49)(H,42,50)(H,43,47)(H,44,48)/t27-,29+,31-,32-,33+,35-,36-/m0/s1. The number of hydrogen-bond donors (Lipinski definition) is 6. The lowest BCUT2D eigenvalue weighted by Crippen LogP contribution is -2.58. The Morgan fingerprint density at radius 1 is 0.680 bits per heavy atom. The number of carbonyl (C=O) groups is 5. The van der Waals surface area contributed by atoms with E-state index in [9.17, 15) is 29.1 Å². The number of nitrogens with two attached hydrogens (primary N) is 1. The van der Waals surface area contributed by atoms with Crippen LogP contribution in [-0.2, 0) is 30.4 Å². The Bertz CT molecular complexity index is 1200. The van der Waals surface area contributed by atoms with Gasteiger partial charge in [-0.3, -0.25) is 24.0 Å². The Kier molecular flexibility index (Phi) is 20.1. The third-order valence-electron chi connectivity index (χ3n) is 9.19. The topological polar surface area (TPSA) is 180 Å². The summed E-state index contributed by atoms with van der Waals surface area (Å²) in [6, 6.07) is 5.79. The molecule has 0 aliphatic rings. The number of carbonyl (C=O) groups excluding carboxylic acids is 5. The first-order chi connectivity index (χ1) is 23.4. The molecule has 0 saturated heterocycles. The lowest BCUT2D eigenvalue weighted by atomic mass is 9.89. The van der Waals surface area contributed by atoms with Gasteiger partial charge in [0.15, 0.2) is 0 Å². The molecule has 1 aromatic rings. The van der Waals surface area contributed by atoms with Crippen LogP contribution in [0.25, 0.3) is 0 Å². The van der Waals surface area contributed by atoms with Gasteiger partial charge in [-0.25, -0.2) is 0 Å². The maximum atomic E-state index is 13.9. The second-order valence-electron chi connectivity index (χ2n) is 15.5. The fourth-order valence-corrected chi connectivity index (χ4v) is 5.91. The van der Waals surface area contributed by atoms with E-state index in [-0.39, 0.29) is 66.6 Å². The molecule has 11 heteroatoms. The number of ketones is 1. The molecule has 0 aliphatic heterocycles. The Balaban J connectivity index is 3.22. The summed E-state index contributed by atoms with van der Waals surface area (Å²) in [6.07, 6.45) is 1.84. The molecule has 1 rings (SSSR count). The SMILES string of the molecule is CC[C@H](C)[C@H](NC(=O)C[C@H](N)[C@H](Cc1ccccc1)NC(=O)[C@@H](NC(=O)[C@@H](CC(=O)CC(C)C)CC(C)C)C(C)C)C(=O)N[C@H](CO)C(C)C. The lowest BCUT2D eigenvalue weighted by molar-refractivity contribution is -0.134. The zero-order valence-corrected chi connectivity index (χ0v) is 32.3. The summed E-state index contributed by atoms with van der Waals surface area (Å²) >= 11 is 0. The molecule has 284 valence electrons. The third-order valence-corrected chi connectivity index (χ3v) is 9.19. The second kappa shape index (κ2) is 22.5. The minimum Gasteiger partial charge on any atom is -0.394 e. The van der Waals surface area contributed by atoms with E-state index >= 15 is 0 Å². The van der Waals surface area contributed by atoms with Crippen molar-refractivity contribution in [3.05, 3.63) is 35.9 Å². The van der Waals surface area contributed by atoms with Crippen LogP contribution in [0.5, 0.6) is 0 Å². The highest BCUT2D eigenvalue weighted by molar-refractivity contribution is 5.91. The normalized spacial score (nSPS) is 15.9. The van der Waals surface area contributed by atoms with Crippen LogP contribution >= 0.6 is 0 Å². The second-order valence-corrected chi connectivity index (χ2v) is 15.5. The van der Waals surface area contributed by atoms with E-state index < -0.39 is 47.9 Å². The zero-order chi connectivity index (χ0) is 38.1. The number of aliphatic hydroxyl groups excluding tert-OH is 1. The van der Waals surface area contributed by atoms with E-state index in [1.54, 1.807) is 0 Å². The average Bonchev–Trinajstić information content (AvgIpc) is 3.03. The van der Waals surface area contributed by atoms with Crippen LogP contribution < -0.4 is 27.0 Å². The van der Waals surface area contributed by atoms with Crippen molar-refractivity contribution >= 4 is 29.4 Å². The summed E-state index contributed by atoms with van der Waals surface area (Å²) in [4.78, 5) is 66.8. The summed E-state index contributed by atoms with van der Waals surface area (Å²) in [6.45, 7) is 19.0. The maximum absolute atomic E-state index is 13.9. The van der Waals surface area contributed by atoms with Crippen LogP contribution in [0.3, 0.4) is 0 Å². The number of rotatable bonds is 23. The predicted molar refractivity (Wildman–Crippen MR) is 199 cm³/mol. The average molecular weight is 702 g/mol. The molecule has 0 fully saturated rings. The van der Waals surface area contributed by atoms with Gasteiger partial charge in [-0.2, -0.15) is 0 Å². The number of aliphatic hydroxyl groups is 1. The molecule has 7 N–H and O–H groups in total. The van der Waals surface area contributed by atoms with Gasteiger partial charge in [0.2, 0.25) is 23.6 Å². The first-order valence-electron chi connectivity index (χ1n) is 18.5. The van der Waals surface area contributed by atoms with Crippen LogP contribution in [0.1, 0.15) is 107 Å². The number of amides is 4. The first-order valence-corrected chi connectivity index (χ1v) is 18.5. The van der Waals surface area contributed by atoms with Gasteiger partial charge in [0.05, 0.1) is 12.6 Å². The van der Waals surface area contributed by atoms with Crippen molar-refractivity contribution in [2.75, 3.05) is 6.61 Å². The lowest BCUT2D eigenvalue weighted by Gasteiger charge is -2.31. The van der Waals surface area contributed by atoms with Crippen LogP contribution in [0.15, 0.2) is 30.3 Å². The van der Waals surface area contributed by atoms with E-state index in [1.165, 1.54) is 0 Å². The molecule has 4 amide bonds. The van der Waals surface area contributed by atoms with Gasteiger partial charge in [0, 0.05) is 37.3 Å². The highest BCUT2D eigenvalue weighted by atomic mass is 16.3. The van der Waals surface area contributed by atoms with Gasteiger partial charge in [-0.15, -0.1) is 0 Å². The van der Waals surface area contributed by atoms with Crippen molar-refractivity contribution in [1.29, 1.82) is 0 Å². The maximum Gasteiger partial charge on any atom is 0.243 e. The molecule has 7 atom stereocenters. The minimum absolute atomic E-state index is 0.000851. The Labute approximate surface area is 301 Å². The summed E-state index contributed by atoms with van der Waals surface area (Å²) in [7, 11) is 0. The van der Waals surface area contributed by atoms with Gasteiger partial charge in [0.1, 0.15) is 17.9 Å². The van der Waals surface area contributed by atoms with Gasteiger partial charge >= 0.3 is 0 Å². The van der Waals surface area contributed by atoms with Crippen molar-refractivity contribution in [2.45, 2.75) is 138 Å². The Morgan fingerprint density at radius 3 is 1.76 bits per heavy atom. The van der Waals surface area contributed by atoms with Gasteiger partial charge in [-0.05, 0) is 48.0 Å². The zero-order valence-electron chi connectivity index (χ0n) is 32.3. The predicted octanol–water partition coefficient (Wildman–Crippen LogP) is 3.90. The van der Waals surface area contributed by atoms with E-state index in [4.69, 9.17) is 5.73 Å². The van der Waals surface area contributed by atoms with Gasteiger partial charge in [0.25, 0.3) is 0 Å². The molecule has 0 aliphatic carbocycles. The molecule has 0 saturated carbocycles. The molecule has 0 heterocycles. The fraction of sp³-hybridized carbons (Fsp3) is 0.718. The molecule has 0 spiro atoms. The van der Waals surface area contributed by atoms with Crippen molar-refractivity contribution in [2.24, 2.45) is 41.2 Å². The van der Waals surface area contributed by atoms with Crippen molar-refractivity contribution in [3.8, 4) is 0 Å². The third kappa shape index (κ3) is 16.1. The van der Waals surface area contributed by atoms with E-state index in [1.807, 2.05) is 99.6 Å². The van der Waals surface area contributed by atoms with Crippen molar-refractivity contribution in [1.82, 2.24) is 21.3 Å².